The fourth-order valence-corrected chi connectivity index (χ4v) is 0.166. The molecule has 0 aliphatic rings. The maximum Gasteiger partial charge on any atom is 0.331 e. The van der Waals surface area contributed by atoms with E-state index in [1.54, 1.807) is 0 Å². The van der Waals surface area contributed by atoms with Crippen LogP contribution in [0.15, 0.2) is 11.0 Å². The molecule has 0 atom stereocenters. The van der Waals surface area contributed by atoms with E-state index in [1.165, 1.54) is 12.3 Å². The Bertz CT molecular complexity index is 106. The van der Waals surface area contributed by atoms with Crippen LogP contribution in [0.25, 0.3) is 0 Å². The third-order valence-electron chi connectivity index (χ3n) is 0.531. The van der Waals surface area contributed by atoms with E-state index in [2.05, 4.69) is 12.6 Å². The smallest absolute Gasteiger partial charge is 0.331 e. The molecule has 0 spiro atoms. The first-order valence-corrected chi connectivity index (χ1v) is 2.24. The van der Waals surface area contributed by atoms with E-state index >= 15 is 0 Å². The van der Waals surface area contributed by atoms with Crippen LogP contribution in [0.5, 0.6) is 0 Å². The summed E-state index contributed by atoms with van der Waals surface area (Å²) in [5, 5.41) is 9.32. The van der Waals surface area contributed by atoms with Gasteiger partial charge in [0.1, 0.15) is 0 Å². The highest BCUT2D eigenvalue weighted by molar-refractivity contribution is 7.83. The Morgan fingerprint density at radius 3 is 2.29 bits per heavy atom. The monoisotopic (exact) mass is 118 g/mol. The van der Waals surface area contributed by atoms with Crippen molar-refractivity contribution in [2.45, 2.75) is 6.92 Å². The summed E-state index contributed by atoms with van der Waals surface area (Å²) < 4.78 is 0. The van der Waals surface area contributed by atoms with E-state index in [9.17, 15) is 4.79 Å². The highest BCUT2D eigenvalue weighted by Gasteiger charge is 1.94. The molecule has 0 aliphatic heterocycles. The molecule has 0 radical (unpaired) electrons. The van der Waals surface area contributed by atoms with Gasteiger partial charge < -0.3 is 5.11 Å². The molecule has 0 amide bonds. The van der Waals surface area contributed by atoms with Crippen LogP contribution in [0.3, 0.4) is 0 Å². The van der Waals surface area contributed by atoms with Gasteiger partial charge in [-0.05, 0) is 12.3 Å². The first-order chi connectivity index (χ1) is 3.18. The highest BCUT2D eigenvalue weighted by atomic mass is 32.1. The second-order valence-electron chi connectivity index (χ2n) is 1.12. The predicted octanol–water partition coefficient (Wildman–Crippen LogP) is 0.905. The number of carboxylic acids is 1. The third-order valence-corrected chi connectivity index (χ3v) is 0.918. The van der Waals surface area contributed by atoms with Crippen LogP contribution in [0, 0.1) is 0 Å². The van der Waals surface area contributed by atoms with Gasteiger partial charge in [-0.15, -0.1) is 0 Å². The van der Waals surface area contributed by atoms with E-state index in [1.807, 2.05) is 0 Å². The molecule has 0 aromatic rings. The normalized spacial score (nSPS) is 11.4. The van der Waals surface area contributed by atoms with Crippen LogP contribution in [0.2, 0.25) is 0 Å². The van der Waals surface area contributed by atoms with Gasteiger partial charge in [0.15, 0.2) is 0 Å². The fraction of sp³-hybridized carbons (Fsp3) is 0.250. The molecule has 3 heteroatoms. The molecular weight excluding hydrogens is 112 g/mol. The molecule has 0 saturated heterocycles. The fourth-order valence-electron chi connectivity index (χ4n) is 0.0552. The Kier molecular flexibility index (Phi) is 2.52. The zero-order valence-electron chi connectivity index (χ0n) is 3.88. The molecule has 2 nitrogen and oxygen atoms in total. The van der Waals surface area contributed by atoms with E-state index in [4.69, 9.17) is 5.11 Å². The molecule has 40 valence electrons. The number of hydrogen-bond acceptors (Lipinski definition) is 2. The molecule has 0 unspecified atom stereocenters. The van der Waals surface area contributed by atoms with Gasteiger partial charge in [0.2, 0.25) is 0 Å². The SMILES string of the molecule is CC(=CS)C(=O)O. The average molecular weight is 118 g/mol. The molecule has 0 bridgehead atoms. The van der Waals surface area contributed by atoms with Crippen LogP contribution in [0.1, 0.15) is 6.92 Å². The summed E-state index contributed by atoms with van der Waals surface area (Å²) >= 11 is 3.61. The predicted molar refractivity (Wildman–Crippen MR) is 30.4 cm³/mol. The van der Waals surface area contributed by atoms with Gasteiger partial charge in [-0.2, -0.15) is 12.6 Å². The Morgan fingerprint density at radius 2 is 2.29 bits per heavy atom. The van der Waals surface area contributed by atoms with Crippen LogP contribution in [-0.4, -0.2) is 11.1 Å². The van der Waals surface area contributed by atoms with Crippen molar-refractivity contribution in [3.8, 4) is 0 Å². The summed E-state index contributed by atoms with van der Waals surface area (Å²) in [6.07, 6.45) is 0. The highest BCUT2D eigenvalue weighted by Crippen LogP contribution is 1.91. The first-order valence-electron chi connectivity index (χ1n) is 1.72. The first kappa shape index (κ1) is 6.56. The number of carboxylic acid groups (broad SMARTS) is 1. The lowest BCUT2D eigenvalue weighted by molar-refractivity contribution is -0.132. The Morgan fingerprint density at radius 1 is 1.86 bits per heavy atom. The second-order valence-corrected chi connectivity index (χ2v) is 1.38. The van der Waals surface area contributed by atoms with Gasteiger partial charge in [-0.1, -0.05) is 0 Å². The third kappa shape index (κ3) is 2.28. The van der Waals surface area contributed by atoms with Gasteiger partial charge in [0.25, 0.3) is 0 Å². The van der Waals surface area contributed by atoms with Crippen LogP contribution in [0.4, 0.5) is 0 Å². The van der Waals surface area contributed by atoms with Gasteiger partial charge in [-0.3, -0.25) is 0 Å². The van der Waals surface area contributed by atoms with E-state index in [0.717, 1.165) is 0 Å². The quantitative estimate of drug-likeness (QED) is 0.396. The minimum absolute atomic E-state index is 0.253. The number of hydrogen-bond donors (Lipinski definition) is 2. The van der Waals surface area contributed by atoms with Crippen molar-refractivity contribution in [1.29, 1.82) is 0 Å². The molecule has 0 aliphatic carbocycles. The van der Waals surface area contributed by atoms with Crippen molar-refractivity contribution in [3.05, 3.63) is 11.0 Å². The molecular formula is C4H6O2S. The summed E-state index contributed by atoms with van der Waals surface area (Å²) in [5.74, 6) is -0.921. The average Bonchev–Trinajstić information content (AvgIpc) is 1.65. The van der Waals surface area contributed by atoms with Gasteiger partial charge >= 0.3 is 5.97 Å². The largest absolute Gasteiger partial charge is 0.478 e. The van der Waals surface area contributed by atoms with Crippen LogP contribution < -0.4 is 0 Å². The minimum Gasteiger partial charge on any atom is -0.478 e. The minimum atomic E-state index is -0.921. The standard InChI is InChI=1S/C4H6O2S/c1-3(2-7)4(5)6/h2,7H,1H3,(H,5,6). The Hall–Kier alpha value is -0.440. The summed E-state index contributed by atoms with van der Waals surface area (Å²) in [4.78, 5) is 9.81. The van der Waals surface area contributed by atoms with Crippen molar-refractivity contribution >= 4 is 18.6 Å². The topological polar surface area (TPSA) is 37.3 Å². The van der Waals surface area contributed by atoms with Crippen LogP contribution in [-0.2, 0) is 4.79 Å². The van der Waals surface area contributed by atoms with Crippen molar-refractivity contribution in [1.82, 2.24) is 0 Å². The molecule has 0 fully saturated rings. The molecule has 0 rings (SSSR count). The molecule has 0 aromatic heterocycles. The number of carbonyl (C=O) groups is 1. The van der Waals surface area contributed by atoms with Crippen LogP contribution >= 0.6 is 12.6 Å². The zero-order valence-corrected chi connectivity index (χ0v) is 4.77. The van der Waals surface area contributed by atoms with Gasteiger partial charge in [0.05, 0.1) is 0 Å². The lowest BCUT2D eigenvalue weighted by atomic mass is 10.4. The summed E-state index contributed by atoms with van der Waals surface area (Å²) in [7, 11) is 0. The summed E-state index contributed by atoms with van der Waals surface area (Å²) in [5.41, 5.74) is 0.253. The maximum absolute atomic E-state index is 9.81. The van der Waals surface area contributed by atoms with Gasteiger partial charge in [-0.25, -0.2) is 4.79 Å². The van der Waals surface area contributed by atoms with E-state index in [-0.39, 0.29) is 5.57 Å². The number of rotatable bonds is 1. The summed E-state index contributed by atoms with van der Waals surface area (Å²) in [6, 6.07) is 0. The second kappa shape index (κ2) is 2.69. The molecule has 7 heavy (non-hydrogen) atoms. The maximum atomic E-state index is 9.81. The Balaban J connectivity index is 3.82. The molecule has 0 heterocycles. The number of aliphatic carboxylic acids is 1. The lowest BCUT2D eigenvalue weighted by Gasteiger charge is -1.83. The van der Waals surface area contributed by atoms with Crippen molar-refractivity contribution in [2.24, 2.45) is 0 Å². The van der Waals surface area contributed by atoms with Crippen molar-refractivity contribution in [3.63, 3.8) is 0 Å². The van der Waals surface area contributed by atoms with E-state index < -0.39 is 5.97 Å². The Labute approximate surface area is 47.3 Å². The number of thiol groups is 1. The van der Waals surface area contributed by atoms with Crippen molar-refractivity contribution in [2.75, 3.05) is 0 Å². The molecule has 0 aromatic carbocycles. The zero-order chi connectivity index (χ0) is 5.86. The molecule has 0 saturated carbocycles. The van der Waals surface area contributed by atoms with Crippen molar-refractivity contribution < 1.29 is 9.90 Å². The summed E-state index contributed by atoms with van der Waals surface area (Å²) in [6.45, 7) is 1.48. The van der Waals surface area contributed by atoms with Gasteiger partial charge in [0, 0.05) is 5.57 Å². The molecule has 1 N–H and O–H groups in total. The lowest BCUT2D eigenvalue weighted by Crippen LogP contribution is -1.93. The van der Waals surface area contributed by atoms with E-state index in [0.29, 0.717) is 0 Å².